The molecule has 2 aliphatic rings. The lowest BCUT2D eigenvalue weighted by Crippen LogP contribution is -2.37. The fourth-order valence-corrected chi connectivity index (χ4v) is 8.81. The van der Waals surface area contributed by atoms with Crippen LogP contribution in [0.15, 0.2) is 152 Å². The molecule has 0 saturated carbocycles. The van der Waals surface area contributed by atoms with Crippen LogP contribution in [0.3, 0.4) is 0 Å². The SMILES string of the molecule is CC1(C)c2ccccc2N(c2ccc3c(c2)C(C)(C)c2ccc(-c4nc(-c5ccccc5)cc(-c5ccccc5)n4)cc2C3(C)C)c2ccccc21. The highest BCUT2D eigenvalue weighted by atomic mass is 15.2. The van der Waals surface area contributed by atoms with E-state index in [9.17, 15) is 0 Å². The molecule has 1 aliphatic carbocycles. The van der Waals surface area contributed by atoms with Crippen molar-refractivity contribution in [1.82, 2.24) is 9.97 Å². The second-order valence-electron chi connectivity index (χ2n) is 15.9. The molecule has 3 heteroatoms. The number of nitrogens with zero attached hydrogens (tertiary/aromatic N) is 3. The maximum absolute atomic E-state index is 5.17. The van der Waals surface area contributed by atoms with Crippen LogP contribution in [0.25, 0.3) is 33.9 Å². The van der Waals surface area contributed by atoms with Gasteiger partial charge in [0.25, 0.3) is 0 Å². The fourth-order valence-electron chi connectivity index (χ4n) is 8.81. The van der Waals surface area contributed by atoms with Gasteiger partial charge in [-0.2, -0.15) is 0 Å². The van der Waals surface area contributed by atoms with Gasteiger partial charge in [0.15, 0.2) is 5.82 Å². The third-order valence-electron chi connectivity index (χ3n) is 11.7. The van der Waals surface area contributed by atoms with E-state index in [0.29, 0.717) is 0 Å². The summed E-state index contributed by atoms with van der Waals surface area (Å²) in [5.74, 6) is 0.739. The zero-order valence-corrected chi connectivity index (χ0v) is 30.8. The van der Waals surface area contributed by atoms with Crippen LogP contribution in [0, 0.1) is 0 Å². The number of benzene rings is 6. The summed E-state index contributed by atoms with van der Waals surface area (Å²) in [6.45, 7) is 14.2. The van der Waals surface area contributed by atoms with Crippen molar-refractivity contribution in [3.63, 3.8) is 0 Å². The van der Waals surface area contributed by atoms with E-state index in [-0.39, 0.29) is 16.2 Å². The van der Waals surface area contributed by atoms with Crippen LogP contribution in [0.1, 0.15) is 74.9 Å². The normalized spacial score (nSPS) is 15.9. The Morgan fingerprint density at radius 1 is 0.365 bits per heavy atom. The Bertz CT molecular complexity index is 2380. The van der Waals surface area contributed by atoms with Gasteiger partial charge in [-0.15, -0.1) is 0 Å². The minimum absolute atomic E-state index is 0.0952. The van der Waals surface area contributed by atoms with Crippen LogP contribution in [0.5, 0.6) is 0 Å². The first-order chi connectivity index (χ1) is 25.0. The van der Waals surface area contributed by atoms with Gasteiger partial charge in [0.2, 0.25) is 0 Å². The summed E-state index contributed by atoms with van der Waals surface area (Å²) in [6.07, 6.45) is 0. The van der Waals surface area contributed by atoms with Gasteiger partial charge in [-0.05, 0) is 69.8 Å². The van der Waals surface area contributed by atoms with Gasteiger partial charge in [0.05, 0.1) is 22.8 Å². The van der Waals surface area contributed by atoms with E-state index >= 15 is 0 Å². The lowest BCUT2D eigenvalue weighted by Gasteiger charge is -2.45. The van der Waals surface area contributed by atoms with Gasteiger partial charge in [-0.3, -0.25) is 0 Å². The maximum atomic E-state index is 5.17. The molecule has 254 valence electrons. The fraction of sp³-hybridized carbons (Fsp3) is 0.184. The first kappa shape index (κ1) is 32.1. The van der Waals surface area contributed by atoms with E-state index in [1.807, 2.05) is 12.1 Å². The number of hydrogen-bond acceptors (Lipinski definition) is 3. The second-order valence-corrected chi connectivity index (χ2v) is 15.9. The van der Waals surface area contributed by atoms with E-state index in [2.05, 4.69) is 186 Å². The van der Waals surface area contributed by atoms with Crippen LogP contribution in [-0.4, -0.2) is 9.97 Å². The molecule has 1 aliphatic heterocycles. The summed E-state index contributed by atoms with van der Waals surface area (Å²) < 4.78 is 0. The van der Waals surface area contributed by atoms with Gasteiger partial charge in [0, 0.05) is 38.6 Å². The zero-order chi connectivity index (χ0) is 35.8. The summed E-state index contributed by atoms with van der Waals surface area (Å²) >= 11 is 0. The Kier molecular flexibility index (Phi) is 7.18. The van der Waals surface area contributed by atoms with Crippen molar-refractivity contribution in [2.24, 2.45) is 0 Å². The summed E-state index contributed by atoms with van der Waals surface area (Å²) in [4.78, 5) is 12.8. The average molecular weight is 674 g/mol. The van der Waals surface area contributed by atoms with Gasteiger partial charge in [0.1, 0.15) is 0 Å². The number of aromatic nitrogens is 2. The van der Waals surface area contributed by atoms with E-state index in [1.54, 1.807) is 0 Å². The van der Waals surface area contributed by atoms with Crippen molar-refractivity contribution in [3.05, 3.63) is 185 Å². The number of anilines is 3. The topological polar surface area (TPSA) is 29.0 Å². The number of hydrogen-bond donors (Lipinski definition) is 0. The van der Waals surface area contributed by atoms with Crippen molar-refractivity contribution in [2.75, 3.05) is 4.90 Å². The lowest BCUT2D eigenvalue weighted by molar-refractivity contribution is 0.521. The van der Waals surface area contributed by atoms with Crippen molar-refractivity contribution in [2.45, 2.75) is 57.8 Å². The van der Waals surface area contributed by atoms with E-state index in [1.165, 1.54) is 50.4 Å². The minimum Gasteiger partial charge on any atom is -0.310 e. The second kappa shape index (κ2) is 11.6. The summed E-state index contributed by atoms with van der Waals surface area (Å²) in [5.41, 5.74) is 16.2. The zero-order valence-electron chi connectivity index (χ0n) is 30.8. The Labute approximate surface area is 307 Å². The molecule has 9 rings (SSSR count). The highest BCUT2D eigenvalue weighted by Gasteiger charge is 2.43. The summed E-state index contributed by atoms with van der Waals surface area (Å²) in [6, 6.07) is 54.8. The monoisotopic (exact) mass is 673 g/mol. The van der Waals surface area contributed by atoms with Gasteiger partial charge in [-0.25, -0.2) is 9.97 Å². The van der Waals surface area contributed by atoms with Crippen LogP contribution in [-0.2, 0) is 16.2 Å². The Morgan fingerprint density at radius 3 is 1.35 bits per heavy atom. The molecule has 52 heavy (non-hydrogen) atoms. The minimum atomic E-state index is -0.242. The summed E-state index contributed by atoms with van der Waals surface area (Å²) in [7, 11) is 0. The smallest absolute Gasteiger partial charge is 0.160 e. The van der Waals surface area contributed by atoms with Crippen molar-refractivity contribution < 1.29 is 0 Å². The molecule has 0 saturated heterocycles. The lowest BCUT2D eigenvalue weighted by atomic mass is 9.59. The molecule has 2 heterocycles. The number of para-hydroxylation sites is 2. The third-order valence-corrected chi connectivity index (χ3v) is 11.7. The standard InChI is InChI=1S/C49H43N3/c1-47(2)37-28-26-35(52-44-23-15-13-21-38(44)49(5,6)39-22-14-16-24-45(39)52)30-41(37)48(3,4)36-27-25-34(29-40(36)47)46-50-42(32-17-9-7-10-18-32)31-43(51-46)33-19-11-8-12-20-33/h7-31H,1-6H3. The molecule has 0 unspecified atom stereocenters. The maximum Gasteiger partial charge on any atom is 0.160 e. The summed E-state index contributed by atoms with van der Waals surface area (Å²) in [5, 5.41) is 0. The van der Waals surface area contributed by atoms with Gasteiger partial charge in [-0.1, -0.05) is 157 Å². The Hall–Kier alpha value is -5.80. The largest absolute Gasteiger partial charge is 0.310 e. The molecule has 3 nitrogen and oxygen atoms in total. The van der Waals surface area contributed by atoms with Crippen LogP contribution in [0.4, 0.5) is 17.1 Å². The van der Waals surface area contributed by atoms with Crippen LogP contribution >= 0.6 is 0 Å². The highest BCUT2D eigenvalue weighted by Crippen LogP contribution is 2.55. The molecule has 0 fully saturated rings. The molecule has 0 atom stereocenters. The van der Waals surface area contributed by atoms with E-state index in [4.69, 9.17) is 9.97 Å². The molecule has 6 aromatic carbocycles. The van der Waals surface area contributed by atoms with Gasteiger partial charge < -0.3 is 4.90 Å². The quantitative estimate of drug-likeness (QED) is 0.186. The Morgan fingerprint density at radius 2 is 0.808 bits per heavy atom. The van der Waals surface area contributed by atoms with Crippen molar-refractivity contribution in [3.8, 4) is 33.9 Å². The number of fused-ring (bicyclic) bond motifs is 4. The molecule has 0 N–H and O–H groups in total. The molecular weight excluding hydrogens is 631 g/mol. The third kappa shape index (κ3) is 4.87. The van der Waals surface area contributed by atoms with E-state index in [0.717, 1.165) is 33.9 Å². The molecule has 0 spiro atoms. The molecule has 0 radical (unpaired) electrons. The van der Waals surface area contributed by atoms with Crippen molar-refractivity contribution >= 4 is 17.1 Å². The molecule has 0 amide bonds. The molecule has 1 aromatic heterocycles. The first-order valence-corrected chi connectivity index (χ1v) is 18.3. The first-order valence-electron chi connectivity index (χ1n) is 18.3. The van der Waals surface area contributed by atoms with Crippen LogP contribution < -0.4 is 4.90 Å². The Balaban J connectivity index is 1.18. The molecule has 0 bridgehead atoms. The van der Waals surface area contributed by atoms with E-state index < -0.39 is 0 Å². The predicted molar refractivity (Wildman–Crippen MR) is 216 cm³/mol. The van der Waals surface area contributed by atoms with Crippen molar-refractivity contribution in [1.29, 1.82) is 0 Å². The van der Waals surface area contributed by atoms with Crippen LogP contribution in [0.2, 0.25) is 0 Å². The van der Waals surface area contributed by atoms with Gasteiger partial charge >= 0.3 is 0 Å². The highest BCUT2D eigenvalue weighted by molar-refractivity contribution is 5.86. The number of rotatable bonds is 4. The molecule has 7 aromatic rings. The average Bonchev–Trinajstić information content (AvgIpc) is 3.18. The molecular formula is C49H43N3. The predicted octanol–water partition coefficient (Wildman–Crippen LogP) is 12.6.